The van der Waals surface area contributed by atoms with E-state index in [0.717, 1.165) is 26.3 Å². The summed E-state index contributed by atoms with van der Waals surface area (Å²) < 4.78 is 12.7. The summed E-state index contributed by atoms with van der Waals surface area (Å²) in [7, 11) is 0. The Morgan fingerprint density at radius 2 is 1.86 bits per heavy atom. The lowest BCUT2D eigenvalue weighted by atomic mass is 9.82. The average Bonchev–Trinajstić information content (AvgIpc) is 2.69. The van der Waals surface area contributed by atoms with Gasteiger partial charge in [-0.15, -0.1) is 0 Å². The van der Waals surface area contributed by atoms with Gasteiger partial charge in [-0.25, -0.2) is 0 Å². The molecule has 0 unspecified atom stereocenters. The number of ether oxygens (including phenoxy) is 2. The number of hydrogen-bond donors (Lipinski definition) is 1. The van der Waals surface area contributed by atoms with Crippen molar-refractivity contribution in [3.63, 3.8) is 0 Å². The molecule has 0 spiro atoms. The number of carbonyl (C=O) groups excluding carboxylic acids is 1. The smallest absolute Gasteiger partial charge is 0.225 e. The minimum absolute atomic E-state index is 0.0294. The molecule has 0 fully saturated rings. The molecule has 1 aliphatic heterocycles. The van der Waals surface area contributed by atoms with Gasteiger partial charge < -0.3 is 14.8 Å². The van der Waals surface area contributed by atoms with Crippen LogP contribution >= 0.6 is 22.6 Å². The third kappa shape index (κ3) is 3.43. The number of fused-ring (bicyclic) bond motifs is 3. The first-order valence-corrected chi connectivity index (χ1v) is 10.6. The second kappa shape index (κ2) is 7.99. The van der Waals surface area contributed by atoms with Gasteiger partial charge in [0.1, 0.15) is 0 Å². The summed E-state index contributed by atoms with van der Waals surface area (Å²) >= 11 is 2.29. The topological polar surface area (TPSA) is 47.6 Å². The Kier molecular flexibility index (Phi) is 5.44. The Balaban J connectivity index is 1.91. The second-order valence-electron chi connectivity index (χ2n) is 6.75. The fourth-order valence-electron chi connectivity index (χ4n) is 3.89. The molecule has 1 aliphatic rings. The minimum Gasteiger partial charge on any atom is -0.490 e. The average molecular weight is 487 g/mol. The molecule has 1 atom stereocenters. The molecule has 0 saturated heterocycles. The summed E-state index contributed by atoms with van der Waals surface area (Å²) in [6, 6.07) is 16.5. The molecule has 0 radical (unpaired) electrons. The van der Waals surface area contributed by atoms with Gasteiger partial charge in [-0.05, 0) is 76.5 Å². The molecule has 1 heterocycles. The van der Waals surface area contributed by atoms with Crippen LogP contribution in [0.25, 0.3) is 10.8 Å². The molecule has 0 bridgehead atoms. The number of rotatable bonds is 5. The van der Waals surface area contributed by atoms with Gasteiger partial charge in [0.05, 0.1) is 16.8 Å². The number of benzene rings is 3. The summed E-state index contributed by atoms with van der Waals surface area (Å²) in [4.78, 5) is 12.4. The molecule has 0 saturated carbocycles. The first-order chi connectivity index (χ1) is 13.6. The van der Waals surface area contributed by atoms with Gasteiger partial charge in [-0.3, -0.25) is 4.79 Å². The molecule has 3 aromatic carbocycles. The van der Waals surface area contributed by atoms with Crippen molar-refractivity contribution in [3.8, 4) is 11.5 Å². The summed E-state index contributed by atoms with van der Waals surface area (Å²) in [6.07, 6.45) is 0.413. The highest BCUT2D eigenvalue weighted by atomic mass is 127. The monoisotopic (exact) mass is 487 g/mol. The van der Waals surface area contributed by atoms with E-state index in [1.165, 1.54) is 16.3 Å². The minimum atomic E-state index is -0.0294. The van der Waals surface area contributed by atoms with Crippen LogP contribution in [0.4, 0.5) is 5.69 Å². The molecule has 5 heteroatoms. The standard InChI is InChI=1S/C23H22INO3/c1-3-27-20-12-15(11-18(24)23(20)28-4-2)17-13-21(26)25-19-10-9-14-7-5-6-8-16(14)22(17)19/h5-12,17H,3-4,13H2,1-2H3,(H,25,26)/t17-/m0/s1. The number of nitrogens with one attached hydrogen (secondary N) is 1. The van der Waals surface area contributed by atoms with E-state index in [9.17, 15) is 4.79 Å². The van der Waals surface area contributed by atoms with Crippen LogP contribution in [0.2, 0.25) is 0 Å². The summed E-state index contributed by atoms with van der Waals surface area (Å²) in [5, 5.41) is 5.39. The largest absolute Gasteiger partial charge is 0.490 e. The van der Waals surface area contributed by atoms with Gasteiger partial charge in [0.2, 0.25) is 5.91 Å². The molecule has 1 amide bonds. The van der Waals surface area contributed by atoms with E-state index in [-0.39, 0.29) is 11.8 Å². The third-order valence-corrected chi connectivity index (χ3v) is 5.81. The molecule has 4 nitrogen and oxygen atoms in total. The quantitative estimate of drug-likeness (QED) is 0.469. The molecule has 0 aliphatic carbocycles. The molecule has 28 heavy (non-hydrogen) atoms. The fraction of sp³-hybridized carbons (Fsp3) is 0.261. The van der Waals surface area contributed by atoms with Gasteiger partial charge >= 0.3 is 0 Å². The first kappa shape index (κ1) is 19.1. The van der Waals surface area contributed by atoms with Crippen molar-refractivity contribution >= 4 is 45.0 Å². The Bertz CT molecular complexity index is 1050. The predicted molar refractivity (Wildman–Crippen MR) is 121 cm³/mol. The molecule has 0 aromatic heterocycles. The summed E-state index contributed by atoms with van der Waals surface area (Å²) in [5.41, 5.74) is 3.13. The number of hydrogen-bond acceptors (Lipinski definition) is 3. The highest BCUT2D eigenvalue weighted by Crippen LogP contribution is 2.44. The molecule has 3 aromatic rings. The van der Waals surface area contributed by atoms with Gasteiger partial charge in [0.25, 0.3) is 0 Å². The molecule has 1 N–H and O–H groups in total. The lowest BCUT2D eigenvalue weighted by Gasteiger charge is -2.28. The van der Waals surface area contributed by atoms with E-state index >= 15 is 0 Å². The zero-order chi connectivity index (χ0) is 19.7. The van der Waals surface area contributed by atoms with Crippen LogP contribution in [0.3, 0.4) is 0 Å². The van der Waals surface area contributed by atoms with Crippen molar-refractivity contribution in [2.24, 2.45) is 0 Å². The molecular weight excluding hydrogens is 465 g/mol. The normalized spacial score (nSPS) is 15.8. The van der Waals surface area contributed by atoms with E-state index in [4.69, 9.17) is 9.47 Å². The SMILES string of the molecule is CCOc1cc([C@@H]2CC(=O)Nc3ccc4ccccc4c32)cc(I)c1OCC. The van der Waals surface area contributed by atoms with Crippen LogP contribution in [-0.4, -0.2) is 19.1 Å². The Morgan fingerprint density at radius 1 is 1.07 bits per heavy atom. The zero-order valence-electron chi connectivity index (χ0n) is 15.9. The van der Waals surface area contributed by atoms with Gasteiger partial charge in [0, 0.05) is 18.0 Å². The third-order valence-electron chi connectivity index (χ3n) is 5.01. The van der Waals surface area contributed by atoms with Crippen LogP contribution in [0.15, 0.2) is 48.5 Å². The van der Waals surface area contributed by atoms with Gasteiger partial charge in [0.15, 0.2) is 11.5 Å². The predicted octanol–water partition coefficient (Wildman–Crippen LogP) is 5.72. The van der Waals surface area contributed by atoms with Crippen molar-refractivity contribution in [1.82, 2.24) is 0 Å². The number of halogens is 1. The van der Waals surface area contributed by atoms with E-state index in [0.29, 0.717) is 19.6 Å². The number of anilines is 1. The first-order valence-electron chi connectivity index (χ1n) is 9.52. The number of amides is 1. The zero-order valence-corrected chi connectivity index (χ0v) is 18.1. The maximum Gasteiger partial charge on any atom is 0.225 e. The summed E-state index contributed by atoms with van der Waals surface area (Å²) in [6.45, 7) is 5.07. The van der Waals surface area contributed by atoms with Crippen molar-refractivity contribution in [3.05, 3.63) is 63.2 Å². The maximum absolute atomic E-state index is 12.4. The van der Waals surface area contributed by atoms with E-state index in [1.54, 1.807) is 0 Å². The molecule has 4 rings (SSSR count). The van der Waals surface area contributed by atoms with E-state index < -0.39 is 0 Å². The van der Waals surface area contributed by atoms with Crippen LogP contribution in [0.1, 0.15) is 37.3 Å². The lowest BCUT2D eigenvalue weighted by molar-refractivity contribution is -0.116. The van der Waals surface area contributed by atoms with Crippen molar-refractivity contribution in [2.45, 2.75) is 26.2 Å². The molecular formula is C23H22INO3. The highest BCUT2D eigenvalue weighted by molar-refractivity contribution is 14.1. The van der Waals surface area contributed by atoms with Gasteiger partial charge in [-0.1, -0.05) is 30.3 Å². The lowest BCUT2D eigenvalue weighted by Crippen LogP contribution is -2.24. The highest BCUT2D eigenvalue weighted by Gasteiger charge is 2.29. The number of carbonyl (C=O) groups is 1. The Hall–Kier alpha value is -2.28. The fourth-order valence-corrected chi connectivity index (χ4v) is 4.67. The maximum atomic E-state index is 12.4. The van der Waals surface area contributed by atoms with Crippen molar-refractivity contribution in [2.75, 3.05) is 18.5 Å². The van der Waals surface area contributed by atoms with Crippen LogP contribution in [-0.2, 0) is 4.79 Å². The van der Waals surface area contributed by atoms with E-state index in [1.807, 2.05) is 38.1 Å². The van der Waals surface area contributed by atoms with Crippen LogP contribution < -0.4 is 14.8 Å². The van der Waals surface area contributed by atoms with Crippen molar-refractivity contribution < 1.29 is 14.3 Å². The van der Waals surface area contributed by atoms with Crippen LogP contribution in [0, 0.1) is 3.57 Å². The van der Waals surface area contributed by atoms with Crippen molar-refractivity contribution in [1.29, 1.82) is 0 Å². The molecule has 144 valence electrons. The Labute approximate surface area is 178 Å². The Morgan fingerprint density at radius 3 is 2.64 bits per heavy atom. The van der Waals surface area contributed by atoms with Gasteiger partial charge in [-0.2, -0.15) is 0 Å². The van der Waals surface area contributed by atoms with Crippen LogP contribution in [0.5, 0.6) is 11.5 Å². The second-order valence-corrected chi connectivity index (χ2v) is 7.91. The summed E-state index contributed by atoms with van der Waals surface area (Å²) in [5.74, 6) is 1.51. The van der Waals surface area contributed by atoms with E-state index in [2.05, 4.69) is 52.2 Å².